The highest BCUT2D eigenvalue weighted by atomic mass is 15.2. The Morgan fingerprint density at radius 1 is 1.06 bits per heavy atom. The molecule has 86 valence electrons. The van der Waals surface area contributed by atoms with Crippen LogP contribution in [0.25, 0.3) is 0 Å². The van der Waals surface area contributed by atoms with Crippen molar-refractivity contribution in [2.24, 2.45) is 0 Å². The van der Waals surface area contributed by atoms with Gasteiger partial charge >= 0.3 is 0 Å². The number of hydrogen-bond acceptors (Lipinski definition) is 6. The van der Waals surface area contributed by atoms with Gasteiger partial charge in [-0.1, -0.05) is 0 Å². The molecule has 2 N–H and O–H groups in total. The predicted octanol–water partition coefficient (Wildman–Crippen LogP) is 0.697. The molecule has 0 saturated carbocycles. The lowest BCUT2D eigenvalue weighted by molar-refractivity contribution is 0.439. The summed E-state index contributed by atoms with van der Waals surface area (Å²) in [4.78, 5) is 16.7. The number of hydrogen-bond donors (Lipinski definition) is 2. The predicted molar refractivity (Wildman–Crippen MR) is 63.0 cm³/mol. The van der Waals surface area contributed by atoms with Crippen LogP contribution in [0.4, 0.5) is 11.9 Å². The molecule has 6 nitrogen and oxygen atoms in total. The van der Waals surface area contributed by atoms with E-state index in [4.69, 9.17) is 0 Å². The molecule has 1 aliphatic rings. The Morgan fingerprint density at radius 2 is 1.82 bits per heavy atom. The van der Waals surface area contributed by atoms with Gasteiger partial charge in [-0.25, -0.2) is 19.9 Å². The van der Waals surface area contributed by atoms with Gasteiger partial charge in [0.2, 0.25) is 11.9 Å². The van der Waals surface area contributed by atoms with Gasteiger partial charge in [0.25, 0.3) is 0 Å². The normalized spacial score (nSPS) is 15.3. The van der Waals surface area contributed by atoms with Crippen molar-refractivity contribution in [3.05, 3.63) is 36.4 Å². The number of rotatable bonds is 3. The van der Waals surface area contributed by atoms with Gasteiger partial charge < -0.3 is 5.32 Å². The van der Waals surface area contributed by atoms with E-state index in [1.54, 1.807) is 24.7 Å². The van der Waals surface area contributed by atoms with Crippen LogP contribution in [0.15, 0.2) is 30.7 Å². The SMILES string of the molecule is c1cnc(Nc2nccc(C3CNC3)n2)nc1. The molecule has 17 heavy (non-hydrogen) atoms. The van der Waals surface area contributed by atoms with Gasteiger partial charge in [-0.15, -0.1) is 0 Å². The summed E-state index contributed by atoms with van der Waals surface area (Å²) in [6.07, 6.45) is 5.11. The molecule has 6 heteroatoms. The van der Waals surface area contributed by atoms with Crippen LogP contribution in [-0.4, -0.2) is 33.0 Å². The maximum absolute atomic E-state index is 4.45. The fourth-order valence-corrected chi connectivity index (χ4v) is 1.62. The molecule has 0 bridgehead atoms. The Labute approximate surface area is 98.6 Å². The molecule has 0 spiro atoms. The first-order valence-corrected chi connectivity index (χ1v) is 5.49. The van der Waals surface area contributed by atoms with Crippen LogP contribution in [0.5, 0.6) is 0 Å². The van der Waals surface area contributed by atoms with E-state index in [1.807, 2.05) is 6.07 Å². The maximum atomic E-state index is 4.45. The molecule has 3 heterocycles. The minimum Gasteiger partial charge on any atom is -0.315 e. The Kier molecular flexibility index (Phi) is 2.63. The van der Waals surface area contributed by atoms with Gasteiger partial charge in [0.1, 0.15) is 0 Å². The summed E-state index contributed by atoms with van der Waals surface area (Å²) in [6, 6.07) is 3.71. The molecule has 1 aliphatic heterocycles. The molecular formula is C11H12N6. The third-order valence-corrected chi connectivity index (χ3v) is 2.67. The van der Waals surface area contributed by atoms with Crippen molar-refractivity contribution in [2.45, 2.75) is 5.92 Å². The van der Waals surface area contributed by atoms with Gasteiger partial charge in [-0.2, -0.15) is 0 Å². The van der Waals surface area contributed by atoms with Gasteiger partial charge in [-0.05, 0) is 12.1 Å². The maximum Gasteiger partial charge on any atom is 0.229 e. The molecule has 0 aliphatic carbocycles. The van der Waals surface area contributed by atoms with Crippen molar-refractivity contribution in [1.29, 1.82) is 0 Å². The number of anilines is 2. The van der Waals surface area contributed by atoms with Crippen molar-refractivity contribution < 1.29 is 0 Å². The van der Waals surface area contributed by atoms with E-state index in [0.29, 0.717) is 17.8 Å². The number of aromatic nitrogens is 4. The molecule has 1 saturated heterocycles. The highest BCUT2D eigenvalue weighted by Crippen LogP contribution is 2.18. The average molecular weight is 228 g/mol. The molecule has 0 aromatic carbocycles. The van der Waals surface area contributed by atoms with E-state index in [-0.39, 0.29) is 0 Å². The smallest absolute Gasteiger partial charge is 0.229 e. The molecule has 0 radical (unpaired) electrons. The van der Waals surface area contributed by atoms with Crippen LogP contribution in [-0.2, 0) is 0 Å². The monoisotopic (exact) mass is 228 g/mol. The van der Waals surface area contributed by atoms with Crippen LogP contribution in [0.3, 0.4) is 0 Å². The fraction of sp³-hybridized carbons (Fsp3) is 0.273. The van der Waals surface area contributed by atoms with Gasteiger partial charge in [0.15, 0.2) is 0 Å². The molecule has 1 fully saturated rings. The molecule has 0 atom stereocenters. The lowest BCUT2D eigenvalue weighted by Crippen LogP contribution is -2.40. The molecule has 0 unspecified atom stereocenters. The summed E-state index contributed by atoms with van der Waals surface area (Å²) in [6.45, 7) is 1.97. The van der Waals surface area contributed by atoms with E-state index < -0.39 is 0 Å². The van der Waals surface area contributed by atoms with Crippen LogP contribution in [0.1, 0.15) is 11.6 Å². The summed E-state index contributed by atoms with van der Waals surface area (Å²) in [5.41, 5.74) is 1.05. The highest BCUT2D eigenvalue weighted by molar-refractivity contribution is 5.41. The first-order chi connectivity index (χ1) is 8.42. The molecular weight excluding hydrogens is 216 g/mol. The Balaban J connectivity index is 1.79. The fourth-order valence-electron chi connectivity index (χ4n) is 1.62. The quantitative estimate of drug-likeness (QED) is 0.805. The Bertz CT molecular complexity index is 496. The second-order valence-corrected chi connectivity index (χ2v) is 3.86. The van der Waals surface area contributed by atoms with Crippen molar-refractivity contribution in [3.63, 3.8) is 0 Å². The Hall–Kier alpha value is -2.08. The molecule has 0 amide bonds. The van der Waals surface area contributed by atoms with Crippen LogP contribution in [0.2, 0.25) is 0 Å². The minimum absolute atomic E-state index is 0.496. The van der Waals surface area contributed by atoms with E-state index in [2.05, 4.69) is 30.6 Å². The lowest BCUT2D eigenvalue weighted by atomic mass is 9.99. The van der Waals surface area contributed by atoms with Gasteiger partial charge in [-0.3, -0.25) is 5.32 Å². The third-order valence-electron chi connectivity index (χ3n) is 2.67. The van der Waals surface area contributed by atoms with E-state index in [9.17, 15) is 0 Å². The highest BCUT2D eigenvalue weighted by Gasteiger charge is 2.20. The number of nitrogens with zero attached hydrogens (tertiary/aromatic N) is 4. The summed E-state index contributed by atoms with van der Waals surface area (Å²) in [5.74, 6) is 1.55. The van der Waals surface area contributed by atoms with Crippen LogP contribution >= 0.6 is 0 Å². The van der Waals surface area contributed by atoms with E-state index in [0.717, 1.165) is 18.8 Å². The summed E-state index contributed by atoms with van der Waals surface area (Å²) in [7, 11) is 0. The standard InChI is InChI=1S/C11H12N6/c1-3-13-10(14-4-1)17-11-15-5-2-9(16-11)8-6-12-7-8/h1-5,8,12H,6-7H2,(H,13,14,15,16,17). The Morgan fingerprint density at radius 3 is 2.53 bits per heavy atom. The molecule has 3 rings (SSSR count). The van der Waals surface area contributed by atoms with Crippen molar-refractivity contribution in [1.82, 2.24) is 25.3 Å². The van der Waals surface area contributed by atoms with Crippen molar-refractivity contribution >= 4 is 11.9 Å². The minimum atomic E-state index is 0.496. The third kappa shape index (κ3) is 2.21. The second-order valence-electron chi connectivity index (χ2n) is 3.86. The van der Waals surface area contributed by atoms with Crippen LogP contribution < -0.4 is 10.6 Å². The zero-order valence-electron chi connectivity index (χ0n) is 9.17. The van der Waals surface area contributed by atoms with E-state index in [1.165, 1.54) is 0 Å². The lowest BCUT2D eigenvalue weighted by Gasteiger charge is -2.26. The summed E-state index contributed by atoms with van der Waals surface area (Å²) >= 11 is 0. The van der Waals surface area contributed by atoms with Crippen LogP contribution in [0, 0.1) is 0 Å². The first kappa shape index (κ1) is 10.1. The average Bonchev–Trinajstić information content (AvgIpc) is 2.28. The first-order valence-electron chi connectivity index (χ1n) is 5.49. The zero-order chi connectivity index (χ0) is 11.5. The largest absolute Gasteiger partial charge is 0.315 e. The van der Waals surface area contributed by atoms with Gasteiger partial charge in [0, 0.05) is 37.6 Å². The number of nitrogens with one attached hydrogen (secondary N) is 2. The van der Waals surface area contributed by atoms with Crippen molar-refractivity contribution in [3.8, 4) is 0 Å². The topological polar surface area (TPSA) is 75.6 Å². The van der Waals surface area contributed by atoms with Gasteiger partial charge in [0.05, 0.1) is 5.69 Å². The molecule has 2 aromatic rings. The zero-order valence-corrected chi connectivity index (χ0v) is 9.17. The molecule has 2 aromatic heterocycles. The van der Waals surface area contributed by atoms with E-state index >= 15 is 0 Å². The summed E-state index contributed by atoms with van der Waals surface area (Å²) in [5, 5.41) is 6.21. The second kappa shape index (κ2) is 4.42. The summed E-state index contributed by atoms with van der Waals surface area (Å²) < 4.78 is 0. The van der Waals surface area contributed by atoms with Crippen molar-refractivity contribution in [2.75, 3.05) is 18.4 Å².